The largest absolute Gasteiger partial charge is 0.304 e. The fraction of sp³-hybridized carbons (Fsp3) is 0.846. The van der Waals surface area contributed by atoms with Crippen molar-refractivity contribution in [1.29, 1.82) is 0 Å². The van der Waals surface area contributed by atoms with E-state index in [9.17, 15) is 0 Å². The monoisotopic (exact) mass is 227 g/mol. The fourth-order valence-corrected chi connectivity index (χ4v) is 3.17. The molecule has 0 aromatic carbocycles. The molecule has 0 aromatic rings. The Morgan fingerprint density at radius 1 is 1.20 bits per heavy atom. The van der Waals surface area contributed by atoms with E-state index in [4.69, 9.17) is 0 Å². The van der Waals surface area contributed by atoms with Crippen molar-refractivity contribution >= 4 is 8.07 Å². The van der Waals surface area contributed by atoms with Crippen LogP contribution in [0.3, 0.4) is 0 Å². The second-order valence-corrected chi connectivity index (χ2v) is 10.3. The quantitative estimate of drug-likeness (QED) is 0.568. The summed E-state index contributed by atoms with van der Waals surface area (Å²) in [6, 6.07) is 1.39. The first kappa shape index (κ1) is 14.9. The van der Waals surface area contributed by atoms with E-state index in [2.05, 4.69) is 45.3 Å². The minimum Gasteiger partial charge on any atom is -0.304 e. The molecule has 0 fully saturated rings. The lowest BCUT2D eigenvalue weighted by Gasteiger charge is -2.25. The van der Waals surface area contributed by atoms with Gasteiger partial charge in [0.05, 0.1) is 8.07 Å². The van der Waals surface area contributed by atoms with Crippen LogP contribution in [0.4, 0.5) is 0 Å². The van der Waals surface area contributed by atoms with E-state index >= 15 is 0 Å². The van der Waals surface area contributed by atoms with Crippen LogP contribution in [0, 0.1) is 0 Å². The third-order valence-corrected chi connectivity index (χ3v) is 7.33. The van der Waals surface area contributed by atoms with Crippen molar-refractivity contribution in [2.24, 2.45) is 0 Å². The molecule has 0 radical (unpaired) electrons. The van der Waals surface area contributed by atoms with Gasteiger partial charge in [-0.2, -0.15) is 0 Å². The van der Waals surface area contributed by atoms with Gasteiger partial charge in [0.15, 0.2) is 0 Å². The van der Waals surface area contributed by atoms with Crippen molar-refractivity contribution in [2.75, 3.05) is 19.6 Å². The summed E-state index contributed by atoms with van der Waals surface area (Å²) in [7, 11) is -1.10. The number of hydrogen-bond donors (Lipinski definition) is 0. The summed E-state index contributed by atoms with van der Waals surface area (Å²) in [4.78, 5) is 2.56. The van der Waals surface area contributed by atoms with Crippen molar-refractivity contribution in [3.8, 4) is 0 Å². The lowest BCUT2D eigenvalue weighted by Crippen LogP contribution is -2.30. The fourth-order valence-electron chi connectivity index (χ4n) is 1.70. The van der Waals surface area contributed by atoms with Gasteiger partial charge in [-0.3, -0.25) is 0 Å². The van der Waals surface area contributed by atoms with E-state index in [1.54, 1.807) is 0 Å². The highest BCUT2D eigenvalue weighted by atomic mass is 28.3. The van der Waals surface area contributed by atoms with Crippen molar-refractivity contribution in [2.45, 2.75) is 52.8 Å². The molecule has 0 aromatic heterocycles. The first-order chi connectivity index (χ1) is 6.94. The molecule has 0 amide bonds. The van der Waals surface area contributed by atoms with Gasteiger partial charge in [-0.05, 0) is 39.4 Å². The maximum atomic E-state index is 4.13. The molecule has 0 N–H and O–H groups in total. The Morgan fingerprint density at radius 2 is 1.80 bits per heavy atom. The van der Waals surface area contributed by atoms with Crippen LogP contribution in [-0.2, 0) is 0 Å². The summed E-state index contributed by atoms with van der Waals surface area (Å²) in [5.41, 5.74) is 0. The third kappa shape index (κ3) is 6.16. The highest BCUT2D eigenvalue weighted by Crippen LogP contribution is 2.19. The Morgan fingerprint density at radius 3 is 2.20 bits per heavy atom. The van der Waals surface area contributed by atoms with E-state index in [1.807, 2.05) is 0 Å². The van der Waals surface area contributed by atoms with Crippen LogP contribution in [0.5, 0.6) is 0 Å². The zero-order chi connectivity index (χ0) is 11.9. The van der Waals surface area contributed by atoms with Crippen LogP contribution in [0.1, 0.15) is 33.6 Å². The van der Waals surface area contributed by atoms with Crippen LogP contribution in [0.15, 0.2) is 11.8 Å². The molecular formula is C13H29NSi. The summed E-state index contributed by atoms with van der Waals surface area (Å²) in [5, 5.41) is 1.45. The first-order valence-corrected chi connectivity index (χ1v) is 9.53. The van der Waals surface area contributed by atoms with Crippen LogP contribution >= 0.6 is 0 Å². The lowest BCUT2D eigenvalue weighted by molar-refractivity contribution is 0.289. The molecule has 2 heteroatoms. The summed E-state index contributed by atoms with van der Waals surface area (Å²) in [5.74, 6) is 0. The molecule has 90 valence electrons. The molecule has 0 unspecified atom stereocenters. The van der Waals surface area contributed by atoms with E-state index in [1.165, 1.54) is 43.7 Å². The normalized spacial score (nSPS) is 12.1. The Bertz CT molecular complexity index is 187. The Balaban J connectivity index is 3.81. The maximum absolute atomic E-state index is 4.13. The smallest absolute Gasteiger partial charge is 0.0743 e. The third-order valence-electron chi connectivity index (χ3n) is 3.42. The molecule has 0 aliphatic heterocycles. The molecule has 0 heterocycles. The second-order valence-electron chi connectivity index (χ2n) is 5.20. The predicted octanol–water partition coefficient (Wildman–Crippen LogP) is 3.93. The zero-order valence-electron chi connectivity index (χ0n) is 11.4. The molecule has 0 bridgehead atoms. The van der Waals surface area contributed by atoms with Crippen molar-refractivity contribution in [3.05, 3.63) is 11.8 Å². The molecule has 0 spiro atoms. The van der Waals surface area contributed by atoms with E-state index in [0.29, 0.717) is 0 Å². The maximum Gasteiger partial charge on any atom is 0.0743 e. The molecule has 0 saturated heterocycles. The predicted molar refractivity (Wildman–Crippen MR) is 74.1 cm³/mol. The van der Waals surface area contributed by atoms with Crippen LogP contribution < -0.4 is 0 Å². The molecule has 1 nitrogen and oxygen atoms in total. The van der Waals surface area contributed by atoms with E-state index in [-0.39, 0.29) is 0 Å². The van der Waals surface area contributed by atoms with Crippen LogP contribution in [0.25, 0.3) is 0 Å². The molecule has 0 aliphatic carbocycles. The Kier molecular flexibility index (Phi) is 7.19. The van der Waals surface area contributed by atoms with Gasteiger partial charge < -0.3 is 4.90 Å². The summed E-state index contributed by atoms with van der Waals surface area (Å²) in [6.07, 6.45) is 2.62. The van der Waals surface area contributed by atoms with Crippen molar-refractivity contribution < 1.29 is 0 Å². The highest BCUT2D eigenvalue weighted by molar-refractivity contribution is 6.84. The minimum atomic E-state index is -1.10. The summed E-state index contributed by atoms with van der Waals surface area (Å²) >= 11 is 0. The zero-order valence-corrected chi connectivity index (χ0v) is 12.4. The average Bonchev–Trinajstić information content (AvgIpc) is 2.16. The second kappa shape index (κ2) is 7.23. The van der Waals surface area contributed by atoms with Gasteiger partial charge in [0, 0.05) is 0 Å². The Hall–Kier alpha value is -0.0831. The average molecular weight is 227 g/mol. The van der Waals surface area contributed by atoms with Gasteiger partial charge in [-0.15, -0.1) is 6.58 Å². The van der Waals surface area contributed by atoms with Crippen molar-refractivity contribution in [3.63, 3.8) is 0 Å². The van der Waals surface area contributed by atoms with E-state index < -0.39 is 8.07 Å². The Labute approximate surface area is 97.6 Å². The molecule has 0 saturated carbocycles. The topological polar surface area (TPSA) is 3.24 Å². The molecule has 0 rings (SSSR count). The standard InChI is InChI=1S/C13H29NSi/c1-7-10-14(8-2)11-9-12-15(5,6)13(3)4/h3,7-12H2,1-2,4-6H3. The SMILES string of the molecule is C=C(C)[Si](C)(C)CCCN(CC)CCC. The lowest BCUT2D eigenvalue weighted by atomic mass is 10.3. The summed E-state index contributed by atoms with van der Waals surface area (Å²) in [6.45, 7) is 19.5. The number of rotatable bonds is 8. The van der Waals surface area contributed by atoms with Gasteiger partial charge in [0.25, 0.3) is 0 Å². The molecule has 0 aliphatic rings. The molecular weight excluding hydrogens is 198 g/mol. The summed E-state index contributed by atoms with van der Waals surface area (Å²) < 4.78 is 0. The van der Waals surface area contributed by atoms with Gasteiger partial charge >= 0.3 is 0 Å². The van der Waals surface area contributed by atoms with Crippen LogP contribution in [0.2, 0.25) is 19.1 Å². The van der Waals surface area contributed by atoms with Crippen molar-refractivity contribution in [1.82, 2.24) is 4.90 Å². The minimum absolute atomic E-state index is 1.10. The van der Waals surface area contributed by atoms with Gasteiger partial charge in [-0.25, -0.2) is 0 Å². The van der Waals surface area contributed by atoms with Crippen LogP contribution in [-0.4, -0.2) is 32.6 Å². The van der Waals surface area contributed by atoms with Gasteiger partial charge in [-0.1, -0.05) is 38.2 Å². The van der Waals surface area contributed by atoms with Gasteiger partial charge in [0.1, 0.15) is 0 Å². The first-order valence-electron chi connectivity index (χ1n) is 6.32. The molecule has 15 heavy (non-hydrogen) atoms. The number of nitrogens with zero attached hydrogens (tertiary/aromatic N) is 1. The van der Waals surface area contributed by atoms with E-state index in [0.717, 1.165) is 0 Å². The molecule has 0 atom stereocenters. The highest BCUT2D eigenvalue weighted by Gasteiger charge is 2.20. The number of allylic oxidation sites excluding steroid dienone is 1. The number of hydrogen-bond acceptors (Lipinski definition) is 1. The van der Waals surface area contributed by atoms with Gasteiger partial charge in [0.2, 0.25) is 0 Å².